The second-order valence-corrected chi connectivity index (χ2v) is 7.34. The lowest BCUT2D eigenvalue weighted by atomic mass is 10.3. The molecule has 0 atom stereocenters. The van der Waals surface area contributed by atoms with Crippen molar-refractivity contribution in [2.24, 2.45) is 0 Å². The number of hydrogen-bond acceptors (Lipinski definition) is 5. The maximum absolute atomic E-state index is 11.1. The molecule has 0 amide bonds. The monoisotopic (exact) mass is 298 g/mol. The zero-order valence-corrected chi connectivity index (χ0v) is 10.9. The normalized spacial score (nSPS) is 13.4. The summed E-state index contributed by atoms with van der Waals surface area (Å²) < 4.78 is 22.2. The lowest BCUT2D eigenvalue weighted by Crippen LogP contribution is -2.38. The zero-order chi connectivity index (χ0) is 14.2. The summed E-state index contributed by atoms with van der Waals surface area (Å²) in [6.45, 7) is 1.48. The van der Waals surface area contributed by atoms with Gasteiger partial charge in [-0.3, -0.25) is 9.13 Å². The number of aryl methyl sites for hydroxylation is 1. The second kappa shape index (κ2) is 4.71. The fourth-order valence-electron chi connectivity index (χ4n) is 1.09. The molecule has 6 N–H and O–H groups in total. The van der Waals surface area contributed by atoms with E-state index in [1.165, 1.54) is 25.3 Å². The van der Waals surface area contributed by atoms with E-state index in [0.717, 1.165) is 0 Å². The van der Waals surface area contributed by atoms with Crippen LogP contribution in [0.2, 0.25) is 0 Å². The third kappa shape index (κ3) is 2.78. The van der Waals surface area contributed by atoms with Crippen LogP contribution in [-0.2, 0) is 9.13 Å². The summed E-state index contributed by atoms with van der Waals surface area (Å²) in [4.78, 5) is 39.2. The average molecular weight is 298 g/mol. The Bertz CT molecular complexity index is 514. The van der Waals surface area contributed by atoms with E-state index in [4.69, 9.17) is 19.6 Å². The van der Waals surface area contributed by atoms with Gasteiger partial charge in [0.2, 0.25) is 0 Å². The lowest BCUT2D eigenvalue weighted by molar-refractivity contribution is 0.152. The summed E-state index contributed by atoms with van der Waals surface area (Å²) in [6, 6.07) is 2.99. The van der Waals surface area contributed by atoms with Crippen molar-refractivity contribution in [2.45, 2.75) is 12.1 Å². The fourth-order valence-corrected chi connectivity index (χ4v) is 2.95. The number of hydrogen-bond donors (Lipinski definition) is 6. The minimum Gasteiger partial charge on any atom is -0.352 e. The first-order chi connectivity index (χ1) is 7.99. The maximum Gasteiger partial charge on any atom is 0.390 e. The van der Waals surface area contributed by atoms with Gasteiger partial charge in [-0.25, -0.2) is 4.98 Å². The second-order valence-electron chi connectivity index (χ2n) is 3.52. The molecule has 11 heteroatoms. The number of aliphatic hydroxyl groups is 1. The Labute approximate surface area is 102 Å². The highest BCUT2D eigenvalue weighted by Gasteiger charge is 2.60. The van der Waals surface area contributed by atoms with Gasteiger partial charge in [0.05, 0.1) is 0 Å². The number of nitrogens with zero attached hydrogens (tertiary/aromatic N) is 1. The molecule has 0 aliphatic rings. The van der Waals surface area contributed by atoms with Crippen LogP contribution < -0.4 is 5.32 Å². The topological polar surface area (TPSA) is 160 Å². The fraction of sp³-hybridized carbons (Fsp3) is 0.286. The van der Waals surface area contributed by atoms with E-state index in [1.807, 2.05) is 0 Å². The van der Waals surface area contributed by atoms with Crippen LogP contribution in [0.3, 0.4) is 0 Å². The molecule has 0 unspecified atom stereocenters. The van der Waals surface area contributed by atoms with E-state index in [9.17, 15) is 14.2 Å². The van der Waals surface area contributed by atoms with Crippen LogP contribution in [0.1, 0.15) is 5.56 Å². The van der Waals surface area contributed by atoms with Crippen molar-refractivity contribution in [1.29, 1.82) is 0 Å². The largest absolute Gasteiger partial charge is 0.390 e. The molecule has 0 saturated carbocycles. The number of rotatable bonds is 4. The molecule has 1 rings (SSSR count). The van der Waals surface area contributed by atoms with Gasteiger partial charge in [-0.05, 0) is 18.6 Å². The standard InChI is InChI=1S/C7H12N2O7P2/c1-5-3-2-4-8-6(5)9-7(10,17(11,12)13)18(14,15)16/h2-4,10H,1H3,(H,8,9)(H2,11,12,13)(H2,14,15,16). The Morgan fingerprint density at radius 3 is 2.11 bits per heavy atom. The van der Waals surface area contributed by atoms with Gasteiger partial charge in [-0.15, -0.1) is 0 Å². The van der Waals surface area contributed by atoms with Gasteiger partial charge in [0.1, 0.15) is 5.82 Å². The summed E-state index contributed by atoms with van der Waals surface area (Å²) in [5, 5.41) is 7.60. The maximum atomic E-state index is 11.1. The molecular formula is C7H12N2O7P2. The van der Waals surface area contributed by atoms with Gasteiger partial charge >= 0.3 is 20.4 Å². The Morgan fingerprint density at radius 1 is 1.22 bits per heavy atom. The molecule has 0 spiro atoms. The van der Waals surface area contributed by atoms with E-state index >= 15 is 0 Å². The van der Waals surface area contributed by atoms with Crippen LogP contribution in [0.5, 0.6) is 0 Å². The quantitative estimate of drug-likeness (QED) is 0.325. The molecule has 0 bridgehead atoms. The number of aromatic nitrogens is 1. The minimum atomic E-state index is -5.55. The van der Waals surface area contributed by atoms with Crippen molar-refractivity contribution in [3.8, 4) is 0 Å². The highest BCUT2D eigenvalue weighted by Crippen LogP contribution is 2.66. The Balaban J connectivity index is 3.30. The smallest absolute Gasteiger partial charge is 0.352 e. The summed E-state index contributed by atoms with van der Waals surface area (Å²) in [7, 11) is -11.1. The van der Waals surface area contributed by atoms with Crippen LogP contribution in [0.15, 0.2) is 18.3 Å². The van der Waals surface area contributed by atoms with Gasteiger partial charge in [-0.2, -0.15) is 0 Å². The van der Waals surface area contributed by atoms with Crippen LogP contribution in [-0.4, -0.2) is 34.9 Å². The van der Waals surface area contributed by atoms with E-state index in [2.05, 4.69) is 4.98 Å². The Kier molecular flexibility index (Phi) is 4.00. The van der Waals surface area contributed by atoms with E-state index in [-0.39, 0.29) is 5.82 Å². The molecule has 0 aliphatic heterocycles. The third-order valence-electron chi connectivity index (χ3n) is 2.11. The van der Waals surface area contributed by atoms with Crippen molar-refractivity contribution in [3.05, 3.63) is 23.9 Å². The minimum absolute atomic E-state index is 0.244. The predicted octanol–water partition coefficient (Wildman–Crippen LogP) is -0.239. The summed E-state index contributed by atoms with van der Waals surface area (Å²) in [5.41, 5.74) is 0.345. The Morgan fingerprint density at radius 2 is 1.72 bits per heavy atom. The van der Waals surface area contributed by atoms with Crippen LogP contribution in [0, 0.1) is 6.92 Å². The molecule has 102 valence electrons. The highest BCUT2D eigenvalue weighted by molar-refractivity contribution is 7.72. The molecule has 18 heavy (non-hydrogen) atoms. The van der Waals surface area contributed by atoms with Gasteiger partial charge in [0, 0.05) is 6.20 Å². The van der Waals surface area contributed by atoms with Crippen molar-refractivity contribution >= 4 is 21.0 Å². The van der Waals surface area contributed by atoms with Crippen LogP contribution >= 0.6 is 15.2 Å². The first-order valence-corrected chi connectivity index (χ1v) is 7.75. The van der Waals surface area contributed by atoms with Crippen molar-refractivity contribution in [3.63, 3.8) is 0 Å². The summed E-state index contributed by atoms with van der Waals surface area (Å²) >= 11 is 0. The molecule has 0 aliphatic carbocycles. The number of pyridine rings is 1. The molecule has 0 fully saturated rings. The van der Waals surface area contributed by atoms with E-state index in [1.54, 1.807) is 5.32 Å². The van der Waals surface area contributed by atoms with Crippen molar-refractivity contribution < 1.29 is 33.8 Å². The molecule has 0 radical (unpaired) electrons. The van der Waals surface area contributed by atoms with Gasteiger partial charge in [0.15, 0.2) is 0 Å². The first kappa shape index (κ1) is 15.3. The molecule has 0 saturated heterocycles. The zero-order valence-electron chi connectivity index (χ0n) is 9.13. The Hall–Kier alpha value is -0.790. The van der Waals surface area contributed by atoms with E-state index in [0.29, 0.717) is 5.56 Å². The SMILES string of the molecule is Cc1cccnc1NC(O)(P(=O)(O)O)P(=O)(O)O. The van der Waals surface area contributed by atoms with Crippen molar-refractivity contribution in [2.75, 3.05) is 5.32 Å². The molecule has 0 aromatic carbocycles. The average Bonchev–Trinajstić information content (AvgIpc) is 2.18. The third-order valence-corrected chi connectivity index (χ3v) is 5.52. The molecule has 9 nitrogen and oxygen atoms in total. The van der Waals surface area contributed by atoms with Gasteiger partial charge < -0.3 is 30.0 Å². The molecule has 1 aromatic heterocycles. The number of anilines is 1. The summed E-state index contributed by atoms with van der Waals surface area (Å²) in [6.07, 6.45) is 1.23. The van der Waals surface area contributed by atoms with E-state index < -0.39 is 20.4 Å². The van der Waals surface area contributed by atoms with Crippen LogP contribution in [0.4, 0.5) is 5.82 Å². The number of nitrogens with one attached hydrogen (secondary N) is 1. The molecule has 1 heterocycles. The summed E-state index contributed by atoms with van der Waals surface area (Å²) in [5.74, 6) is -0.244. The van der Waals surface area contributed by atoms with Crippen LogP contribution in [0.25, 0.3) is 0 Å². The highest BCUT2D eigenvalue weighted by atomic mass is 31.2. The van der Waals surface area contributed by atoms with Gasteiger partial charge in [-0.1, -0.05) is 6.07 Å². The first-order valence-electron chi connectivity index (χ1n) is 4.52. The molecular weight excluding hydrogens is 286 g/mol. The van der Waals surface area contributed by atoms with Gasteiger partial charge in [0.25, 0.3) is 0 Å². The predicted molar refractivity (Wildman–Crippen MR) is 61.6 cm³/mol. The lowest BCUT2D eigenvalue weighted by Gasteiger charge is -2.30. The molecule has 1 aromatic rings. The van der Waals surface area contributed by atoms with Crippen molar-refractivity contribution in [1.82, 2.24) is 4.98 Å².